The van der Waals surface area contributed by atoms with E-state index in [4.69, 9.17) is 9.47 Å². The Labute approximate surface area is 186 Å². The Balaban J connectivity index is 1.32. The van der Waals surface area contributed by atoms with Gasteiger partial charge in [-0.2, -0.15) is 0 Å². The van der Waals surface area contributed by atoms with Gasteiger partial charge in [-0.1, -0.05) is 0 Å². The molecule has 3 amide bonds. The first-order valence-electron chi connectivity index (χ1n) is 12.0. The van der Waals surface area contributed by atoms with E-state index < -0.39 is 0 Å². The number of hydrogen-bond acceptors (Lipinski definition) is 6. The molecule has 0 aromatic carbocycles. The number of ether oxygens (including phenoxy) is 2. The maximum atomic E-state index is 12.8. The highest BCUT2D eigenvalue weighted by atomic mass is 16.5. The van der Waals surface area contributed by atoms with Crippen LogP contribution in [0, 0.1) is 5.92 Å². The number of piperidine rings is 2. The number of methoxy groups -OCH3 is 1. The number of nitrogens with one attached hydrogen (secondary N) is 2. The van der Waals surface area contributed by atoms with E-state index in [1.807, 2.05) is 4.90 Å². The van der Waals surface area contributed by atoms with Crippen molar-refractivity contribution >= 4 is 11.9 Å². The molecular formula is C22H41N5O4. The zero-order valence-electron chi connectivity index (χ0n) is 19.2. The number of carbonyl (C=O) groups excluding carboxylic acids is 2. The third kappa shape index (κ3) is 8.21. The number of carbonyl (C=O) groups is 2. The van der Waals surface area contributed by atoms with Crippen LogP contribution >= 0.6 is 0 Å². The molecule has 1 atom stereocenters. The molecule has 31 heavy (non-hydrogen) atoms. The van der Waals surface area contributed by atoms with Crippen LogP contribution in [0.4, 0.5) is 4.79 Å². The van der Waals surface area contributed by atoms with Gasteiger partial charge in [-0.3, -0.25) is 9.69 Å². The van der Waals surface area contributed by atoms with E-state index in [9.17, 15) is 9.59 Å². The van der Waals surface area contributed by atoms with Gasteiger partial charge in [0.2, 0.25) is 5.91 Å². The monoisotopic (exact) mass is 439 g/mol. The zero-order chi connectivity index (χ0) is 21.9. The average Bonchev–Trinajstić information content (AvgIpc) is 2.81. The highest BCUT2D eigenvalue weighted by Gasteiger charge is 2.29. The molecule has 0 bridgehead atoms. The summed E-state index contributed by atoms with van der Waals surface area (Å²) in [5.41, 5.74) is 0. The molecule has 178 valence electrons. The molecular weight excluding hydrogens is 398 g/mol. The van der Waals surface area contributed by atoms with Crippen molar-refractivity contribution in [1.82, 2.24) is 25.3 Å². The Morgan fingerprint density at radius 1 is 1.00 bits per heavy atom. The van der Waals surface area contributed by atoms with E-state index in [0.717, 1.165) is 84.6 Å². The van der Waals surface area contributed by atoms with Crippen LogP contribution in [0.25, 0.3) is 0 Å². The van der Waals surface area contributed by atoms with Gasteiger partial charge in [0.15, 0.2) is 0 Å². The predicted molar refractivity (Wildman–Crippen MR) is 119 cm³/mol. The van der Waals surface area contributed by atoms with Gasteiger partial charge in [-0.05, 0) is 38.6 Å². The number of morpholine rings is 1. The molecule has 9 nitrogen and oxygen atoms in total. The molecule has 0 radical (unpaired) electrons. The third-order valence-corrected chi connectivity index (χ3v) is 6.65. The number of rotatable bonds is 9. The number of urea groups is 1. The van der Waals surface area contributed by atoms with Crippen LogP contribution in [-0.4, -0.2) is 119 Å². The van der Waals surface area contributed by atoms with E-state index in [0.29, 0.717) is 26.2 Å². The summed E-state index contributed by atoms with van der Waals surface area (Å²) in [7, 11) is 1.67. The molecule has 1 unspecified atom stereocenters. The van der Waals surface area contributed by atoms with Crippen molar-refractivity contribution in [3.8, 4) is 0 Å². The molecule has 9 heteroatoms. The highest BCUT2D eigenvalue weighted by Crippen LogP contribution is 2.18. The first-order chi connectivity index (χ1) is 15.2. The van der Waals surface area contributed by atoms with Crippen LogP contribution in [0.5, 0.6) is 0 Å². The largest absolute Gasteiger partial charge is 0.385 e. The fraction of sp³-hybridized carbons (Fsp3) is 0.909. The number of nitrogens with zero attached hydrogens (tertiary/aromatic N) is 3. The fourth-order valence-electron chi connectivity index (χ4n) is 4.67. The van der Waals surface area contributed by atoms with Gasteiger partial charge < -0.3 is 29.9 Å². The predicted octanol–water partition coefficient (Wildman–Crippen LogP) is 0.357. The van der Waals surface area contributed by atoms with Crippen LogP contribution < -0.4 is 10.6 Å². The van der Waals surface area contributed by atoms with Crippen LogP contribution in [0.15, 0.2) is 0 Å². The highest BCUT2D eigenvalue weighted by molar-refractivity contribution is 5.79. The summed E-state index contributed by atoms with van der Waals surface area (Å²) in [5.74, 6) is 0.122. The topological polar surface area (TPSA) is 86.4 Å². The Morgan fingerprint density at radius 3 is 2.48 bits per heavy atom. The normalized spacial score (nSPS) is 24.2. The van der Waals surface area contributed by atoms with E-state index in [1.165, 1.54) is 0 Å². The summed E-state index contributed by atoms with van der Waals surface area (Å²) in [6, 6.07) is 0.242. The molecule has 0 aliphatic carbocycles. The molecule has 0 saturated carbocycles. The summed E-state index contributed by atoms with van der Waals surface area (Å²) in [6.07, 6.45) is 4.47. The number of likely N-dealkylation sites (tertiary alicyclic amines) is 2. The molecule has 3 saturated heterocycles. The van der Waals surface area contributed by atoms with Crippen molar-refractivity contribution in [1.29, 1.82) is 0 Å². The number of hydrogen-bond donors (Lipinski definition) is 2. The minimum absolute atomic E-state index is 0.0111. The van der Waals surface area contributed by atoms with Gasteiger partial charge in [0, 0.05) is 78.0 Å². The van der Waals surface area contributed by atoms with Crippen LogP contribution in [0.1, 0.15) is 32.1 Å². The Hall–Kier alpha value is -1.42. The van der Waals surface area contributed by atoms with E-state index in [1.54, 1.807) is 7.11 Å². The summed E-state index contributed by atoms with van der Waals surface area (Å²) in [5, 5.41) is 6.23. The van der Waals surface area contributed by atoms with Gasteiger partial charge in [-0.15, -0.1) is 0 Å². The molecule has 0 spiro atoms. The second-order valence-electron chi connectivity index (χ2n) is 8.94. The summed E-state index contributed by atoms with van der Waals surface area (Å²) in [6.45, 7) is 10.5. The van der Waals surface area contributed by atoms with Crippen molar-refractivity contribution in [3.05, 3.63) is 0 Å². The molecule has 3 fully saturated rings. The lowest BCUT2D eigenvalue weighted by molar-refractivity contribution is -0.126. The van der Waals surface area contributed by atoms with Crippen LogP contribution in [0.2, 0.25) is 0 Å². The average molecular weight is 440 g/mol. The second-order valence-corrected chi connectivity index (χ2v) is 8.94. The van der Waals surface area contributed by atoms with Gasteiger partial charge in [0.05, 0.1) is 13.2 Å². The minimum Gasteiger partial charge on any atom is -0.385 e. The van der Waals surface area contributed by atoms with E-state index >= 15 is 0 Å². The number of amides is 3. The van der Waals surface area contributed by atoms with Gasteiger partial charge in [0.1, 0.15) is 0 Å². The van der Waals surface area contributed by atoms with E-state index in [2.05, 4.69) is 20.4 Å². The molecule has 0 aromatic heterocycles. The second kappa shape index (κ2) is 13.2. The maximum absolute atomic E-state index is 12.8. The first-order valence-corrected chi connectivity index (χ1v) is 12.0. The standard InChI is InChI=1S/C22H41N5O4/c1-30-15-3-7-23-21(28)19-5-9-27(10-6-19)22(29)24-20-4-2-8-26(18-20)12-11-25-13-16-31-17-14-25/h19-20H,2-18H2,1H3,(H,23,28)(H,24,29). The summed E-state index contributed by atoms with van der Waals surface area (Å²) >= 11 is 0. The van der Waals surface area contributed by atoms with Gasteiger partial charge in [-0.25, -0.2) is 4.79 Å². The molecule has 0 aromatic rings. The van der Waals surface area contributed by atoms with Crippen LogP contribution in [-0.2, 0) is 14.3 Å². The third-order valence-electron chi connectivity index (χ3n) is 6.65. The Bertz CT molecular complexity index is 550. The van der Waals surface area contributed by atoms with Crippen molar-refractivity contribution in [2.45, 2.75) is 38.1 Å². The lowest BCUT2D eigenvalue weighted by Gasteiger charge is -2.37. The van der Waals surface area contributed by atoms with Crippen molar-refractivity contribution in [2.75, 3.05) is 85.8 Å². The molecule has 2 N–H and O–H groups in total. The smallest absolute Gasteiger partial charge is 0.317 e. The van der Waals surface area contributed by atoms with Gasteiger partial charge >= 0.3 is 6.03 Å². The molecule has 3 aliphatic rings. The van der Waals surface area contributed by atoms with Crippen molar-refractivity contribution < 1.29 is 19.1 Å². The zero-order valence-corrected chi connectivity index (χ0v) is 19.2. The first kappa shape index (κ1) is 24.2. The Kier molecular flexibility index (Phi) is 10.3. The van der Waals surface area contributed by atoms with Gasteiger partial charge in [0.25, 0.3) is 0 Å². The quantitative estimate of drug-likeness (QED) is 0.505. The fourth-order valence-corrected chi connectivity index (χ4v) is 4.67. The lowest BCUT2D eigenvalue weighted by Crippen LogP contribution is -2.54. The summed E-state index contributed by atoms with van der Waals surface area (Å²) < 4.78 is 10.4. The SMILES string of the molecule is COCCCNC(=O)C1CCN(C(=O)NC2CCCN(CCN3CCOCC3)C2)CC1. The minimum atomic E-state index is 0.0111. The van der Waals surface area contributed by atoms with Crippen LogP contribution in [0.3, 0.4) is 0 Å². The Morgan fingerprint density at radius 2 is 1.74 bits per heavy atom. The molecule has 3 heterocycles. The van der Waals surface area contributed by atoms with E-state index in [-0.39, 0.29) is 23.9 Å². The van der Waals surface area contributed by atoms with Crippen molar-refractivity contribution in [3.63, 3.8) is 0 Å². The summed E-state index contributed by atoms with van der Waals surface area (Å²) in [4.78, 5) is 31.9. The van der Waals surface area contributed by atoms with Crippen molar-refractivity contribution in [2.24, 2.45) is 5.92 Å². The lowest BCUT2D eigenvalue weighted by atomic mass is 9.96. The molecule has 3 rings (SSSR count). The molecule has 3 aliphatic heterocycles. The maximum Gasteiger partial charge on any atom is 0.317 e.